The minimum absolute atomic E-state index is 0.245. The van der Waals surface area contributed by atoms with E-state index in [1.165, 1.54) is 12.0 Å². The molecule has 1 atom stereocenters. The van der Waals surface area contributed by atoms with Crippen LogP contribution in [-0.4, -0.2) is 17.0 Å². The monoisotopic (exact) mass is 290 g/mol. The van der Waals surface area contributed by atoms with Gasteiger partial charge >= 0.3 is 0 Å². The first-order valence-electron chi connectivity index (χ1n) is 7.44. The van der Waals surface area contributed by atoms with Gasteiger partial charge in [-0.2, -0.15) is 0 Å². The molecule has 2 nitrogen and oxygen atoms in total. The largest absolute Gasteiger partial charge is 0.335 e. The lowest BCUT2D eigenvalue weighted by Gasteiger charge is -2.31. The number of nitrogens with one attached hydrogen (secondary N) is 1. The highest BCUT2D eigenvalue weighted by Crippen LogP contribution is 2.31. The molecule has 3 heteroatoms. The molecule has 2 rings (SSSR count). The van der Waals surface area contributed by atoms with Crippen LogP contribution < -0.4 is 5.32 Å². The van der Waals surface area contributed by atoms with Gasteiger partial charge in [-0.15, -0.1) is 0 Å². The van der Waals surface area contributed by atoms with E-state index in [1.807, 2.05) is 11.8 Å². The van der Waals surface area contributed by atoms with E-state index in [0.717, 1.165) is 16.6 Å². The molecule has 1 aliphatic rings. The molecule has 20 heavy (non-hydrogen) atoms. The molecule has 0 amide bonds. The topological polar surface area (TPSA) is 24.4 Å². The van der Waals surface area contributed by atoms with Crippen molar-refractivity contribution < 1.29 is 0 Å². The second-order valence-electron chi connectivity index (χ2n) is 6.85. The average molecular weight is 290 g/mol. The van der Waals surface area contributed by atoms with Gasteiger partial charge in [0.1, 0.15) is 0 Å². The quantitative estimate of drug-likeness (QED) is 0.816. The summed E-state index contributed by atoms with van der Waals surface area (Å²) in [5.41, 5.74) is 2.76. The van der Waals surface area contributed by atoms with Gasteiger partial charge in [0.2, 0.25) is 0 Å². The molecule has 0 saturated heterocycles. The van der Waals surface area contributed by atoms with E-state index in [9.17, 15) is 0 Å². The molecule has 0 saturated carbocycles. The predicted octanol–water partition coefficient (Wildman–Crippen LogP) is 5.13. The Morgan fingerprint density at radius 1 is 1.20 bits per heavy atom. The number of amidine groups is 1. The lowest BCUT2D eigenvalue weighted by molar-refractivity contribution is 0.316. The summed E-state index contributed by atoms with van der Waals surface area (Å²) in [5, 5.41) is 4.53. The van der Waals surface area contributed by atoms with Gasteiger partial charge in [-0.1, -0.05) is 58.5 Å². The molecule has 1 N–H and O–H groups in total. The zero-order valence-corrected chi connectivity index (χ0v) is 14.1. The van der Waals surface area contributed by atoms with Crippen molar-refractivity contribution in [2.75, 3.05) is 11.1 Å². The van der Waals surface area contributed by atoms with Crippen molar-refractivity contribution in [1.82, 2.24) is 0 Å². The fraction of sp³-hybridized carbons (Fsp3) is 0.588. The van der Waals surface area contributed by atoms with Gasteiger partial charge in [-0.25, -0.2) is 0 Å². The second-order valence-corrected chi connectivity index (χ2v) is 7.94. The molecule has 1 heterocycles. The lowest BCUT2D eigenvalue weighted by atomic mass is 9.85. The van der Waals surface area contributed by atoms with E-state index < -0.39 is 0 Å². The van der Waals surface area contributed by atoms with Crippen molar-refractivity contribution in [3.63, 3.8) is 0 Å². The smallest absolute Gasteiger partial charge is 0.161 e. The molecule has 1 aromatic carbocycles. The van der Waals surface area contributed by atoms with E-state index in [1.54, 1.807) is 0 Å². The first kappa shape index (κ1) is 15.4. The van der Waals surface area contributed by atoms with Crippen LogP contribution in [0.25, 0.3) is 0 Å². The number of anilines is 1. The Morgan fingerprint density at radius 3 is 2.40 bits per heavy atom. The lowest BCUT2D eigenvalue weighted by Crippen LogP contribution is -2.30. The molecule has 0 aromatic heterocycles. The minimum Gasteiger partial charge on any atom is -0.335 e. The molecular weight excluding hydrogens is 264 g/mol. The van der Waals surface area contributed by atoms with Crippen LogP contribution in [0.5, 0.6) is 0 Å². The number of hydrogen-bond donors (Lipinski definition) is 1. The highest BCUT2D eigenvalue weighted by atomic mass is 32.2. The summed E-state index contributed by atoms with van der Waals surface area (Å²) in [4.78, 5) is 4.87. The highest BCUT2D eigenvalue weighted by Gasteiger charge is 2.27. The van der Waals surface area contributed by atoms with Crippen molar-refractivity contribution in [3.05, 3.63) is 29.8 Å². The standard InChI is InChI=1S/C17H26N2S/c1-12(2)13-6-8-14(9-7-13)18-16-19-15(10-11-20-16)17(3,4)5/h6-9,12,15H,10-11H2,1-5H3,(H,18,19). The van der Waals surface area contributed by atoms with Crippen LogP contribution in [0.15, 0.2) is 29.3 Å². The van der Waals surface area contributed by atoms with Gasteiger partial charge in [0, 0.05) is 11.4 Å². The molecule has 0 radical (unpaired) electrons. The molecule has 1 unspecified atom stereocenters. The summed E-state index contributed by atoms with van der Waals surface area (Å²) in [6.45, 7) is 11.2. The Hall–Kier alpha value is -0.960. The summed E-state index contributed by atoms with van der Waals surface area (Å²) in [6, 6.07) is 9.12. The van der Waals surface area contributed by atoms with Crippen molar-refractivity contribution in [1.29, 1.82) is 0 Å². The van der Waals surface area contributed by atoms with E-state index in [0.29, 0.717) is 12.0 Å². The predicted molar refractivity (Wildman–Crippen MR) is 91.9 cm³/mol. The van der Waals surface area contributed by atoms with Crippen molar-refractivity contribution in [2.45, 2.75) is 53.0 Å². The van der Waals surface area contributed by atoms with Gasteiger partial charge < -0.3 is 5.32 Å². The zero-order chi connectivity index (χ0) is 14.8. The third kappa shape index (κ3) is 4.02. The van der Waals surface area contributed by atoms with Crippen LogP contribution >= 0.6 is 11.8 Å². The first-order valence-corrected chi connectivity index (χ1v) is 8.42. The average Bonchev–Trinajstić information content (AvgIpc) is 2.38. The number of benzene rings is 1. The van der Waals surface area contributed by atoms with Crippen LogP contribution in [0.4, 0.5) is 5.69 Å². The van der Waals surface area contributed by atoms with Crippen molar-refractivity contribution in [2.24, 2.45) is 10.4 Å². The number of aliphatic imine (C=N–C) groups is 1. The summed E-state index contributed by atoms with van der Waals surface area (Å²) in [6.07, 6.45) is 1.17. The summed E-state index contributed by atoms with van der Waals surface area (Å²) in [7, 11) is 0. The third-order valence-corrected chi connectivity index (χ3v) is 4.65. The first-order chi connectivity index (χ1) is 9.36. The number of thioether (sulfide) groups is 1. The van der Waals surface area contributed by atoms with E-state index in [4.69, 9.17) is 4.99 Å². The van der Waals surface area contributed by atoms with E-state index in [2.05, 4.69) is 64.2 Å². The molecule has 0 bridgehead atoms. The van der Waals surface area contributed by atoms with Crippen LogP contribution in [0.3, 0.4) is 0 Å². The molecular formula is C17H26N2S. The molecule has 0 fully saturated rings. The number of rotatable bonds is 2. The summed E-state index contributed by atoms with van der Waals surface area (Å²) < 4.78 is 0. The van der Waals surface area contributed by atoms with Crippen LogP contribution in [0.1, 0.15) is 52.5 Å². The number of hydrogen-bond acceptors (Lipinski definition) is 3. The van der Waals surface area contributed by atoms with E-state index >= 15 is 0 Å². The molecule has 0 aliphatic carbocycles. The zero-order valence-electron chi connectivity index (χ0n) is 13.2. The second kappa shape index (κ2) is 6.21. The Kier molecular flexibility index (Phi) is 4.79. The Morgan fingerprint density at radius 2 is 1.85 bits per heavy atom. The van der Waals surface area contributed by atoms with Gasteiger partial charge in [-0.05, 0) is 35.4 Å². The van der Waals surface area contributed by atoms with Crippen LogP contribution in [0, 0.1) is 5.41 Å². The fourth-order valence-electron chi connectivity index (χ4n) is 2.28. The normalized spacial score (nSPS) is 19.9. The summed E-state index contributed by atoms with van der Waals surface area (Å²) in [5.74, 6) is 1.73. The highest BCUT2D eigenvalue weighted by molar-refractivity contribution is 8.14. The van der Waals surface area contributed by atoms with Crippen LogP contribution in [0.2, 0.25) is 0 Å². The summed E-state index contributed by atoms with van der Waals surface area (Å²) >= 11 is 1.83. The van der Waals surface area contributed by atoms with Gasteiger partial charge in [0.25, 0.3) is 0 Å². The van der Waals surface area contributed by atoms with Crippen molar-refractivity contribution in [3.8, 4) is 0 Å². The molecule has 110 valence electrons. The molecule has 1 aromatic rings. The molecule has 0 spiro atoms. The maximum absolute atomic E-state index is 4.87. The SMILES string of the molecule is CC(C)c1ccc(NC2=NC(C(C)(C)C)CCS2)cc1. The van der Waals surface area contributed by atoms with Crippen LogP contribution in [-0.2, 0) is 0 Å². The Labute approximate surface area is 127 Å². The third-order valence-electron chi connectivity index (χ3n) is 3.73. The Bertz CT molecular complexity index is 469. The van der Waals surface area contributed by atoms with Gasteiger partial charge in [-0.3, -0.25) is 4.99 Å². The minimum atomic E-state index is 0.245. The van der Waals surface area contributed by atoms with Gasteiger partial charge in [0.15, 0.2) is 5.17 Å². The van der Waals surface area contributed by atoms with E-state index in [-0.39, 0.29) is 5.41 Å². The fourth-order valence-corrected chi connectivity index (χ4v) is 3.21. The number of nitrogens with zero attached hydrogens (tertiary/aromatic N) is 1. The van der Waals surface area contributed by atoms with Gasteiger partial charge in [0.05, 0.1) is 6.04 Å². The Balaban J connectivity index is 2.07. The molecule has 1 aliphatic heterocycles. The maximum Gasteiger partial charge on any atom is 0.161 e. The maximum atomic E-state index is 4.87. The van der Waals surface area contributed by atoms with Crippen molar-refractivity contribution >= 4 is 22.6 Å².